The lowest BCUT2D eigenvalue weighted by Gasteiger charge is -2.00. The van der Waals surface area contributed by atoms with Crippen molar-refractivity contribution in [3.05, 3.63) is 45.1 Å². The van der Waals surface area contributed by atoms with E-state index in [0.717, 1.165) is 20.4 Å². The van der Waals surface area contributed by atoms with Crippen LogP contribution in [0.4, 0.5) is 0 Å². The quantitative estimate of drug-likeness (QED) is 0.571. The fourth-order valence-electron chi connectivity index (χ4n) is 1.78. The van der Waals surface area contributed by atoms with Crippen molar-refractivity contribution >= 4 is 50.4 Å². The number of hydrogen-bond acceptors (Lipinski definition) is 5. The summed E-state index contributed by atoms with van der Waals surface area (Å²) in [6.07, 6.45) is 1.60. The molecule has 0 aliphatic carbocycles. The van der Waals surface area contributed by atoms with Crippen LogP contribution in [0.25, 0.3) is 11.0 Å². The van der Waals surface area contributed by atoms with Gasteiger partial charge in [-0.2, -0.15) is 5.10 Å². The number of carbonyl (C=O) groups excluding carboxylic acids is 1. The first-order valence-corrected chi connectivity index (χ1v) is 7.74. The second kappa shape index (κ2) is 6.15. The van der Waals surface area contributed by atoms with Gasteiger partial charge in [-0.05, 0) is 34.1 Å². The Morgan fingerprint density at radius 1 is 1.48 bits per heavy atom. The molecular formula is C13H10BrN5OS. The summed E-state index contributed by atoms with van der Waals surface area (Å²) in [6, 6.07) is 9.40. The molecule has 6 nitrogen and oxygen atoms in total. The van der Waals surface area contributed by atoms with Crippen molar-refractivity contribution in [2.45, 2.75) is 6.54 Å². The number of para-hydroxylation sites is 1. The van der Waals surface area contributed by atoms with Gasteiger partial charge in [-0.3, -0.25) is 4.79 Å². The largest absolute Gasteiger partial charge is 0.271 e. The summed E-state index contributed by atoms with van der Waals surface area (Å²) in [5.41, 5.74) is 4.98. The van der Waals surface area contributed by atoms with Crippen LogP contribution in [-0.2, 0) is 11.3 Å². The second-order valence-electron chi connectivity index (χ2n) is 4.21. The minimum absolute atomic E-state index is 0.0746. The normalized spacial score (nSPS) is 11.3. The molecule has 1 N–H and O–H groups in total. The zero-order valence-corrected chi connectivity index (χ0v) is 13.1. The zero-order chi connectivity index (χ0) is 14.7. The van der Waals surface area contributed by atoms with E-state index >= 15 is 0 Å². The maximum absolute atomic E-state index is 11.8. The van der Waals surface area contributed by atoms with Crippen LogP contribution in [0.5, 0.6) is 0 Å². The van der Waals surface area contributed by atoms with Crippen LogP contribution in [0.3, 0.4) is 0 Å². The lowest BCUT2D eigenvalue weighted by atomic mass is 10.3. The molecule has 0 atom stereocenters. The highest BCUT2D eigenvalue weighted by molar-refractivity contribution is 9.11. The smallest absolute Gasteiger partial charge is 0.261 e. The van der Waals surface area contributed by atoms with Crippen molar-refractivity contribution in [3.63, 3.8) is 0 Å². The molecule has 0 saturated heterocycles. The Kier molecular flexibility index (Phi) is 4.07. The fourth-order valence-corrected chi connectivity index (χ4v) is 2.90. The Morgan fingerprint density at radius 3 is 3.14 bits per heavy atom. The van der Waals surface area contributed by atoms with Crippen molar-refractivity contribution in [2.24, 2.45) is 5.10 Å². The van der Waals surface area contributed by atoms with Gasteiger partial charge in [0.25, 0.3) is 5.91 Å². The molecule has 3 rings (SSSR count). The Balaban J connectivity index is 1.63. The molecule has 1 aromatic carbocycles. The van der Waals surface area contributed by atoms with Gasteiger partial charge in [0.1, 0.15) is 12.1 Å². The van der Waals surface area contributed by atoms with Gasteiger partial charge in [0, 0.05) is 10.9 Å². The van der Waals surface area contributed by atoms with E-state index in [4.69, 9.17) is 0 Å². The summed E-state index contributed by atoms with van der Waals surface area (Å²) < 4.78 is 2.56. The molecular weight excluding hydrogens is 354 g/mol. The fraction of sp³-hybridized carbons (Fsp3) is 0.0769. The van der Waals surface area contributed by atoms with E-state index in [2.05, 4.69) is 36.8 Å². The second-order valence-corrected chi connectivity index (χ2v) is 6.50. The number of hydrazone groups is 1. The summed E-state index contributed by atoms with van der Waals surface area (Å²) in [5.74, 6) is -0.254. The summed E-state index contributed by atoms with van der Waals surface area (Å²) >= 11 is 4.93. The highest BCUT2D eigenvalue weighted by atomic mass is 79.9. The molecule has 0 aliphatic rings. The number of carbonyl (C=O) groups is 1. The van der Waals surface area contributed by atoms with Crippen LogP contribution < -0.4 is 5.43 Å². The molecule has 0 bridgehead atoms. The van der Waals surface area contributed by atoms with E-state index in [0.29, 0.717) is 0 Å². The summed E-state index contributed by atoms with van der Waals surface area (Å²) in [6.45, 7) is 0.0746. The molecule has 0 radical (unpaired) electrons. The SMILES string of the molecule is O=C(Cn1nnc2ccccc21)NN=Cc1csc(Br)c1. The molecule has 21 heavy (non-hydrogen) atoms. The molecule has 0 unspecified atom stereocenters. The summed E-state index contributed by atoms with van der Waals surface area (Å²) in [5, 5.41) is 13.8. The van der Waals surface area contributed by atoms with Crippen LogP contribution in [0, 0.1) is 0 Å². The van der Waals surface area contributed by atoms with E-state index in [9.17, 15) is 4.79 Å². The molecule has 106 valence electrons. The number of fused-ring (bicyclic) bond motifs is 1. The highest BCUT2D eigenvalue weighted by Crippen LogP contribution is 2.19. The van der Waals surface area contributed by atoms with Gasteiger partial charge in [-0.25, -0.2) is 10.1 Å². The first-order valence-electron chi connectivity index (χ1n) is 6.06. The molecule has 0 aliphatic heterocycles. The van der Waals surface area contributed by atoms with Crippen LogP contribution >= 0.6 is 27.3 Å². The Morgan fingerprint density at radius 2 is 2.33 bits per heavy atom. The third-order valence-electron chi connectivity index (χ3n) is 2.70. The van der Waals surface area contributed by atoms with Crippen LogP contribution in [0.15, 0.2) is 44.6 Å². The number of nitrogens with one attached hydrogen (secondary N) is 1. The van der Waals surface area contributed by atoms with Crippen LogP contribution in [0.2, 0.25) is 0 Å². The number of rotatable bonds is 4. The van der Waals surface area contributed by atoms with Gasteiger partial charge in [0.2, 0.25) is 0 Å². The third-order valence-corrected chi connectivity index (χ3v) is 4.23. The molecule has 0 spiro atoms. The van der Waals surface area contributed by atoms with Crippen molar-refractivity contribution in [1.29, 1.82) is 0 Å². The standard InChI is InChI=1S/C13H10BrN5OS/c14-12-5-9(8-21-12)6-15-17-13(20)7-19-11-4-2-1-3-10(11)16-18-19/h1-6,8H,7H2,(H,17,20). The topological polar surface area (TPSA) is 72.2 Å². The number of nitrogens with zero attached hydrogens (tertiary/aromatic N) is 4. The van der Waals surface area contributed by atoms with Crippen molar-refractivity contribution in [1.82, 2.24) is 20.4 Å². The predicted octanol–water partition coefficient (Wildman–Crippen LogP) is 2.41. The van der Waals surface area contributed by atoms with Crippen molar-refractivity contribution in [3.8, 4) is 0 Å². The first-order chi connectivity index (χ1) is 10.2. The lowest BCUT2D eigenvalue weighted by Crippen LogP contribution is -2.23. The molecule has 2 aromatic heterocycles. The maximum Gasteiger partial charge on any atom is 0.261 e. The lowest BCUT2D eigenvalue weighted by molar-refractivity contribution is -0.121. The van der Waals surface area contributed by atoms with Gasteiger partial charge < -0.3 is 0 Å². The van der Waals surface area contributed by atoms with Gasteiger partial charge in [0.05, 0.1) is 15.5 Å². The van der Waals surface area contributed by atoms with Crippen LogP contribution in [0.1, 0.15) is 5.56 Å². The average molecular weight is 364 g/mol. The van der Waals surface area contributed by atoms with Crippen LogP contribution in [-0.4, -0.2) is 27.1 Å². The molecule has 0 saturated carbocycles. The summed E-state index contributed by atoms with van der Waals surface area (Å²) in [4.78, 5) is 11.8. The van der Waals surface area contributed by atoms with E-state index in [1.54, 1.807) is 22.2 Å². The monoisotopic (exact) mass is 363 g/mol. The van der Waals surface area contributed by atoms with Crippen molar-refractivity contribution < 1.29 is 4.79 Å². The van der Waals surface area contributed by atoms with Gasteiger partial charge >= 0.3 is 0 Å². The number of aromatic nitrogens is 3. The van der Waals surface area contributed by atoms with E-state index in [1.165, 1.54) is 0 Å². The number of hydrogen-bond donors (Lipinski definition) is 1. The van der Waals surface area contributed by atoms with Gasteiger partial charge in [-0.15, -0.1) is 16.4 Å². The van der Waals surface area contributed by atoms with E-state index in [-0.39, 0.29) is 12.5 Å². The van der Waals surface area contributed by atoms with E-state index < -0.39 is 0 Å². The molecule has 2 heterocycles. The summed E-state index contributed by atoms with van der Waals surface area (Å²) in [7, 11) is 0. The first kappa shape index (κ1) is 13.9. The average Bonchev–Trinajstić information content (AvgIpc) is 3.06. The Labute approximate surface area is 132 Å². The minimum Gasteiger partial charge on any atom is -0.271 e. The van der Waals surface area contributed by atoms with E-state index in [1.807, 2.05) is 35.7 Å². The van der Waals surface area contributed by atoms with Gasteiger partial charge in [-0.1, -0.05) is 17.3 Å². The Bertz CT molecular complexity index is 810. The zero-order valence-electron chi connectivity index (χ0n) is 10.7. The molecule has 8 heteroatoms. The van der Waals surface area contributed by atoms with Gasteiger partial charge in [0.15, 0.2) is 0 Å². The van der Waals surface area contributed by atoms with Crippen molar-refractivity contribution in [2.75, 3.05) is 0 Å². The number of thiophene rings is 1. The Hall–Kier alpha value is -2.06. The number of halogens is 1. The number of amides is 1. The minimum atomic E-state index is -0.254. The third kappa shape index (κ3) is 3.34. The molecule has 3 aromatic rings. The highest BCUT2D eigenvalue weighted by Gasteiger charge is 2.07. The molecule has 0 fully saturated rings. The predicted molar refractivity (Wildman–Crippen MR) is 85.3 cm³/mol. The maximum atomic E-state index is 11.8. The number of benzene rings is 1. The molecule has 1 amide bonds.